The molecule has 0 aliphatic heterocycles. The molecule has 4 nitrogen and oxygen atoms in total. The molecule has 1 N–H and O–H groups in total. The van der Waals surface area contributed by atoms with Crippen LogP contribution in [0.4, 0.5) is 0 Å². The van der Waals surface area contributed by atoms with Gasteiger partial charge in [0, 0.05) is 6.42 Å². The lowest BCUT2D eigenvalue weighted by atomic mass is 10.0. The molecule has 0 spiro atoms. The first-order chi connectivity index (χ1) is 9.88. The van der Waals surface area contributed by atoms with Crippen molar-refractivity contribution >= 4 is 56.2 Å². The van der Waals surface area contributed by atoms with Gasteiger partial charge in [0.25, 0.3) is 0 Å². The van der Waals surface area contributed by atoms with Crippen LogP contribution in [0.1, 0.15) is 18.4 Å². The number of carbonyl (C=O) groups is 2. The molecule has 2 aromatic rings. The van der Waals surface area contributed by atoms with Crippen molar-refractivity contribution in [2.45, 2.75) is 19.8 Å². The van der Waals surface area contributed by atoms with Crippen molar-refractivity contribution in [1.82, 2.24) is 0 Å². The summed E-state index contributed by atoms with van der Waals surface area (Å²) in [5.41, 5.74) is 0.728. The molecular weight excluding hydrogens is 407 g/mol. The predicted octanol–water partition coefficient (Wildman–Crippen LogP) is 3.91. The van der Waals surface area contributed by atoms with Crippen LogP contribution in [0, 0.1) is 10.5 Å². The molecule has 0 heterocycles. The number of aromatic hydroxyl groups is 1. The number of hydrogen-bond donors (Lipinski definition) is 1. The fraction of sp³-hybridized carbons (Fsp3) is 0.200. The summed E-state index contributed by atoms with van der Waals surface area (Å²) < 4.78 is 5.93. The van der Waals surface area contributed by atoms with Crippen molar-refractivity contribution < 1.29 is 19.4 Å². The Morgan fingerprint density at radius 3 is 2.67 bits per heavy atom. The highest BCUT2D eigenvalue weighted by atomic mass is 127. The molecule has 0 atom stereocenters. The van der Waals surface area contributed by atoms with Crippen molar-refractivity contribution in [3.8, 4) is 11.5 Å². The molecule has 110 valence electrons. The molecule has 0 fully saturated rings. The number of aryl methyl sites for hydroxylation is 1. The summed E-state index contributed by atoms with van der Waals surface area (Å²) in [6.07, 6.45) is -0.108. The van der Waals surface area contributed by atoms with Crippen molar-refractivity contribution in [2.24, 2.45) is 0 Å². The van der Waals surface area contributed by atoms with Gasteiger partial charge in [0.1, 0.15) is 11.5 Å². The van der Waals surface area contributed by atoms with Crippen LogP contribution in [0.15, 0.2) is 24.3 Å². The minimum Gasteiger partial charge on any atom is -0.507 e. The molecular formula is C15H12ClIO4. The fourth-order valence-corrected chi connectivity index (χ4v) is 2.78. The molecule has 0 aliphatic carbocycles. The Bertz CT molecular complexity index is 727. The van der Waals surface area contributed by atoms with E-state index in [0.717, 1.165) is 19.9 Å². The first kappa shape index (κ1) is 16.0. The van der Waals surface area contributed by atoms with Gasteiger partial charge in [0.2, 0.25) is 5.24 Å². The van der Waals surface area contributed by atoms with Gasteiger partial charge in [-0.1, -0.05) is 6.07 Å². The Kier molecular flexibility index (Phi) is 5.05. The lowest BCUT2D eigenvalue weighted by molar-refractivity contribution is -0.135. The van der Waals surface area contributed by atoms with Gasteiger partial charge in [-0.3, -0.25) is 9.59 Å². The number of phenolic OH excluding ortho intramolecular Hbond substituents is 1. The molecule has 0 bridgehead atoms. The highest BCUT2D eigenvalue weighted by molar-refractivity contribution is 14.1. The summed E-state index contributed by atoms with van der Waals surface area (Å²) in [5, 5.41) is 11.1. The largest absolute Gasteiger partial charge is 0.507 e. The van der Waals surface area contributed by atoms with Crippen LogP contribution in [-0.2, 0) is 9.59 Å². The molecule has 2 aromatic carbocycles. The number of esters is 1. The van der Waals surface area contributed by atoms with E-state index in [1.807, 2.05) is 12.1 Å². The fourth-order valence-electron chi connectivity index (χ4n) is 1.94. The van der Waals surface area contributed by atoms with Gasteiger partial charge in [0.05, 0.1) is 9.99 Å². The highest BCUT2D eigenvalue weighted by Crippen LogP contribution is 2.33. The second kappa shape index (κ2) is 6.62. The molecule has 21 heavy (non-hydrogen) atoms. The van der Waals surface area contributed by atoms with Crippen molar-refractivity contribution in [3.05, 3.63) is 33.4 Å². The third-order valence-electron chi connectivity index (χ3n) is 3.05. The lowest BCUT2D eigenvalue weighted by Gasteiger charge is -2.09. The Hall–Kier alpha value is -1.34. The molecule has 0 saturated heterocycles. The van der Waals surface area contributed by atoms with Crippen LogP contribution < -0.4 is 4.74 Å². The van der Waals surface area contributed by atoms with Gasteiger partial charge in [-0.05, 0) is 75.7 Å². The van der Waals surface area contributed by atoms with Crippen LogP contribution in [0.2, 0.25) is 0 Å². The van der Waals surface area contributed by atoms with Crippen LogP contribution in [0.3, 0.4) is 0 Å². The monoisotopic (exact) mass is 418 g/mol. The van der Waals surface area contributed by atoms with Gasteiger partial charge >= 0.3 is 5.97 Å². The smallest absolute Gasteiger partial charge is 0.311 e. The summed E-state index contributed by atoms with van der Waals surface area (Å²) in [6.45, 7) is 1.80. The van der Waals surface area contributed by atoms with Crippen molar-refractivity contribution in [1.29, 1.82) is 0 Å². The Balaban J connectivity index is 2.27. The van der Waals surface area contributed by atoms with Crippen LogP contribution in [0.25, 0.3) is 10.8 Å². The van der Waals surface area contributed by atoms with Gasteiger partial charge in [-0.15, -0.1) is 0 Å². The molecule has 0 aliphatic rings. The minimum absolute atomic E-state index is 0.0496. The Morgan fingerprint density at radius 2 is 2.00 bits per heavy atom. The summed E-state index contributed by atoms with van der Waals surface area (Å²) in [4.78, 5) is 22.2. The van der Waals surface area contributed by atoms with E-state index in [1.54, 1.807) is 19.1 Å². The van der Waals surface area contributed by atoms with E-state index >= 15 is 0 Å². The second-order valence-electron chi connectivity index (χ2n) is 4.54. The SMILES string of the molecule is Cc1c(O)c(I)cc2ccc(OC(=O)CCC(=O)Cl)cc12. The molecule has 2 rings (SSSR count). The highest BCUT2D eigenvalue weighted by Gasteiger charge is 2.11. The van der Waals surface area contributed by atoms with E-state index in [4.69, 9.17) is 16.3 Å². The quantitative estimate of drug-likeness (QED) is 0.354. The zero-order valence-electron chi connectivity index (χ0n) is 11.2. The predicted molar refractivity (Wildman–Crippen MR) is 88.8 cm³/mol. The van der Waals surface area contributed by atoms with E-state index in [0.29, 0.717) is 5.75 Å². The van der Waals surface area contributed by atoms with Crippen molar-refractivity contribution in [2.75, 3.05) is 0 Å². The molecule has 6 heteroatoms. The first-order valence-corrected chi connectivity index (χ1v) is 7.65. The first-order valence-electron chi connectivity index (χ1n) is 6.19. The van der Waals surface area contributed by atoms with Crippen LogP contribution in [0.5, 0.6) is 11.5 Å². The number of phenols is 1. The van der Waals surface area contributed by atoms with Gasteiger partial charge in [-0.2, -0.15) is 0 Å². The molecule has 0 unspecified atom stereocenters. The topological polar surface area (TPSA) is 63.6 Å². The lowest BCUT2D eigenvalue weighted by Crippen LogP contribution is -2.08. The van der Waals surface area contributed by atoms with Gasteiger partial charge in [-0.25, -0.2) is 0 Å². The van der Waals surface area contributed by atoms with Gasteiger partial charge < -0.3 is 9.84 Å². The van der Waals surface area contributed by atoms with E-state index in [-0.39, 0.29) is 18.6 Å². The number of carbonyl (C=O) groups excluding carboxylic acids is 2. The Labute approximate surface area is 140 Å². The number of fused-ring (bicyclic) bond motifs is 1. The summed E-state index contributed by atoms with van der Waals surface area (Å²) in [6, 6.07) is 7.05. The van der Waals surface area contributed by atoms with E-state index in [9.17, 15) is 14.7 Å². The van der Waals surface area contributed by atoms with E-state index in [2.05, 4.69) is 22.6 Å². The third-order valence-corrected chi connectivity index (χ3v) is 4.06. The average Bonchev–Trinajstić information content (AvgIpc) is 2.43. The maximum absolute atomic E-state index is 11.6. The molecule has 0 radical (unpaired) electrons. The second-order valence-corrected chi connectivity index (χ2v) is 6.13. The molecule has 0 saturated carbocycles. The van der Waals surface area contributed by atoms with Gasteiger partial charge in [0.15, 0.2) is 0 Å². The number of hydrogen-bond acceptors (Lipinski definition) is 4. The maximum atomic E-state index is 11.6. The van der Waals surface area contributed by atoms with E-state index < -0.39 is 11.2 Å². The minimum atomic E-state index is -0.569. The Morgan fingerprint density at radius 1 is 1.29 bits per heavy atom. The summed E-state index contributed by atoms with van der Waals surface area (Å²) >= 11 is 7.24. The zero-order valence-corrected chi connectivity index (χ0v) is 14.1. The number of halogens is 2. The summed E-state index contributed by atoms with van der Waals surface area (Å²) in [7, 11) is 0. The van der Waals surface area contributed by atoms with Crippen LogP contribution >= 0.6 is 34.2 Å². The van der Waals surface area contributed by atoms with E-state index in [1.165, 1.54) is 0 Å². The average molecular weight is 419 g/mol. The standard InChI is InChI=1S/C15H12ClIO4/c1-8-11-7-10(21-14(19)5-4-13(16)18)3-2-9(11)6-12(17)15(8)20/h2-3,6-7,20H,4-5H2,1H3. The number of rotatable bonds is 4. The number of benzene rings is 2. The van der Waals surface area contributed by atoms with Crippen molar-refractivity contribution in [3.63, 3.8) is 0 Å². The molecule has 0 aromatic heterocycles. The maximum Gasteiger partial charge on any atom is 0.311 e. The zero-order chi connectivity index (χ0) is 15.6. The van der Waals surface area contributed by atoms with Crippen LogP contribution in [-0.4, -0.2) is 16.3 Å². The number of ether oxygens (including phenoxy) is 1. The third kappa shape index (κ3) is 3.85. The molecule has 0 amide bonds. The summed E-state index contributed by atoms with van der Waals surface area (Å²) in [5.74, 6) is 0.0771. The normalized spacial score (nSPS) is 10.6.